The van der Waals surface area contributed by atoms with Gasteiger partial charge in [0.15, 0.2) is 0 Å². The van der Waals surface area contributed by atoms with Gasteiger partial charge in [0.05, 0.1) is 6.10 Å². The van der Waals surface area contributed by atoms with E-state index < -0.39 is 6.10 Å². The van der Waals surface area contributed by atoms with E-state index in [9.17, 15) is 9.90 Å². The maximum absolute atomic E-state index is 11.5. The van der Waals surface area contributed by atoms with Gasteiger partial charge in [-0.2, -0.15) is 0 Å². The first-order valence-electron chi connectivity index (χ1n) is 10.5. The van der Waals surface area contributed by atoms with Crippen molar-refractivity contribution in [2.24, 2.45) is 5.92 Å². The van der Waals surface area contributed by atoms with Crippen molar-refractivity contribution < 1.29 is 9.90 Å². The summed E-state index contributed by atoms with van der Waals surface area (Å²) in [6, 6.07) is 16.7. The van der Waals surface area contributed by atoms with Gasteiger partial charge in [-0.05, 0) is 73.9 Å². The zero-order chi connectivity index (χ0) is 19.3. The molecule has 1 atom stereocenters. The van der Waals surface area contributed by atoms with Crippen LogP contribution < -0.4 is 5.32 Å². The maximum atomic E-state index is 11.5. The Morgan fingerprint density at radius 1 is 1.07 bits per heavy atom. The summed E-state index contributed by atoms with van der Waals surface area (Å²) in [6.07, 6.45) is 5.27. The van der Waals surface area contributed by atoms with Gasteiger partial charge in [0.2, 0.25) is 5.91 Å². The third-order valence-electron chi connectivity index (χ3n) is 6.20. The number of carbonyl (C=O) groups excluding carboxylic acids is 1. The number of rotatable bonds is 6. The van der Waals surface area contributed by atoms with Crippen LogP contribution in [0, 0.1) is 5.92 Å². The molecule has 2 aliphatic rings. The Morgan fingerprint density at radius 3 is 2.64 bits per heavy atom. The molecule has 4 rings (SSSR count). The molecule has 1 saturated heterocycles. The number of benzene rings is 2. The Hall–Kier alpha value is -2.17. The molecule has 2 aromatic carbocycles. The van der Waals surface area contributed by atoms with Gasteiger partial charge in [-0.15, -0.1) is 0 Å². The first-order chi connectivity index (χ1) is 13.7. The molecule has 1 amide bonds. The van der Waals surface area contributed by atoms with Crippen LogP contribution in [0.25, 0.3) is 0 Å². The van der Waals surface area contributed by atoms with Gasteiger partial charge in [-0.3, -0.25) is 4.79 Å². The van der Waals surface area contributed by atoms with Crippen LogP contribution in [-0.4, -0.2) is 35.5 Å². The van der Waals surface area contributed by atoms with E-state index in [-0.39, 0.29) is 5.91 Å². The van der Waals surface area contributed by atoms with E-state index in [1.54, 1.807) is 0 Å². The highest BCUT2D eigenvalue weighted by molar-refractivity contribution is 5.93. The van der Waals surface area contributed by atoms with Crippen LogP contribution in [-0.2, 0) is 17.6 Å². The van der Waals surface area contributed by atoms with Gasteiger partial charge in [0.1, 0.15) is 0 Å². The quantitative estimate of drug-likeness (QED) is 0.800. The number of likely N-dealkylation sites (tertiary alicyclic amines) is 1. The van der Waals surface area contributed by atoms with E-state index >= 15 is 0 Å². The zero-order valence-electron chi connectivity index (χ0n) is 16.4. The Balaban J connectivity index is 1.23. The SMILES string of the molecule is O=C1CCc2cc(C(O)CCN3CCC(Cc4ccccc4)CC3)ccc2N1. The lowest BCUT2D eigenvalue weighted by Crippen LogP contribution is -2.35. The van der Waals surface area contributed by atoms with Crippen LogP contribution in [0.2, 0.25) is 0 Å². The lowest BCUT2D eigenvalue weighted by atomic mass is 9.90. The van der Waals surface area contributed by atoms with E-state index in [4.69, 9.17) is 0 Å². The molecule has 0 saturated carbocycles. The molecule has 0 bridgehead atoms. The van der Waals surface area contributed by atoms with Crippen molar-refractivity contribution in [3.05, 3.63) is 65.2 Å². The van der Waals surface area contributed by atoms with Gasteiger partial charge in [0, 0.05) is 18.7 Å². The fourth-order valence-corrected chi connectivity index (χ4v) is 4.44. The van der Waals surface area contributed by atoms with Crippen LogP contribution in [0.15, 0.2) is 48.5 Å². The van der Waals surface area contributed by atoms with Crippen LogP contribution >= 0.6 is 0 Å². The first-order valence-corrected chi connectivity index (χ1v) is 10.5. The van der Waals surface area contributed by atoms with Gasteiger partial charge in [-0.1, -0.05) is 42.5 Å². The Labute approximate surface area is 167 Å². The van der Waals surface area contributed by atoms with Crippen LogP contribution in [0.1, 0.15) is 48.5 Å². The zero-order valence-corrected chi connectivity index (χ0v) is 16.4. The third-order valence-corrected chi connectivity index (χ3v) is 6.20. The molecule has 0 spiro atoms. The summed E-state index contributed by atoms with van der Waals surface area (Å²) in [5.74, 6) is 0.857. The molecule has 28 heavy (non-hydrogen) atoms. The standard InChI is InChI=1S/C24H30N2O2/c27-23(21-6-8-22-20(17-21)7-9-24(28)25-22)12-15-26-13-10-19(11-14-26)16-18-4-2-1-3-5-18/h1-6,8,17,19,23,27H,7,9-16H2,(H,25,28). The summed E-state index contributed by atoms with van der Waals surface area (Å²) in [4.78, 5) is 14.0. The fraction of sp³-hybridized carbons (Fsp3) is 0.458. The molecule has 1 unspecified atom stereocenters. The summed E-state index contributed by atoms with van der Waals surface area (Å²) in [5, 5.41) is 13.5. The highest BCUT2D eigenvalue weighted by atomic mass is 16.3. The molecule has 2 heterocycles. The lowest BCUT2D eigenvalue weighted by Gasteiger charge is -2.32. The van der Waals surface area contributed by atoms with Crippen molar-refractivity contribution in [3.8, 4) is 0 Å². The third kappa shape index (κ3) is 4.81. The summed E-state index contributed by atoms with van der Waals surface area (Å²) < 4.78 is 0. The average molecular weight is 379 g/mol. The normalized spacial score (nSPS) is 19.1. The number of amides is 1. The van der Waals surface area contributed by atoms with Crippen molar-refractivity contribution in [2.45, 2.75) is 44.6 Å². The monoisotopic (exact) mass is 378 g/mol. The van der Waals surface area contributed by atoms with Crippen molar-refractivity contribution >= 4 is 11.6 Å². The molecule has 1 fully saturated rings. The number of nitrogens with zero attached hydrogens (tertiary/aromatic N) is 1. The summed E-state index contributed by atoms with van der Waals surface area (Å²) in [5.41, 5.74) is 4.44. The fourth-order valence-electron chi connectivity index (χ4n) is 4.44. The number of aliphatic hydroxyl groups excluding tert-OH is 1. The molecule has 2 aromatic rings. The summed E-state index contributed by atoms with van der Waals surface area (Å²) in [6.45, 7) is 3.19. The van der Waals surface area contributed by atoms with Crippen molar-refractivity contribution in [1.82, 2.24) is 4.90 Å². The molecule has 2 N–H and O–H groups in total. The van der Waals surface area contributed by atoms with Gasteiger partial charge in [-0.25, -0.2) is 0 Å². The number of aryl methyl sites for hydroxylation is 1. The summed E-state index contributed by atoms with van der Waals surface area (Å²) in [7, 11) is 0. The minimum Gasteiger partial charge on any atom is -0.388 e. The second kappa shape index (κ2) is 8.89. The van der Waals surface area contributed by atoms with Crippen molar-refractivity contribution in [2.75, 3.05) is 25.0 Å². The highest BCUT2D eigenvalue weighted by Gasteiger charge is 2.21. The second-order valence-electron chi connectivity index (χ2n) is 8.24. The Kier molecular flexibility index (Phi) is 6.08. The van der Waals surface area contributed by atoms with E-state index in [2.05, 4.69) is 46.6 Å². The van der Waals surface area contributed by atoms with Crippen LogP contribution in [0.3, 0.4) is 0 Å². The predicted molar refractivity (Wildman–Crippen MR) is 112 cm³/mol. The van der Waals surface area contributed by atoms with Crippen molar-refractivity contribution in [1.29, 1.82) is 0 Å². The molecule has 0 aliphatic carbocycles. The largest absolute Gasteiger partial charge is 0.388 e. The number of hydrogen-bond donors (Lipinski definition) is 2. The topological polar surface area (TPSA) is 52.6 Å². The second-order valence-corrected chi connectivity index (χ2v) is 8.24. The number of aliphatic hydroxyl groups is 1. The summed E-state index contributed by atoms with van der Waals surface area (Å²) >= 11 is 0. The number of anilines is 1. The Bertz CT molecular complexity index is 798. The first kappa shape index (κ1) is 19.2. The lowest BCUT2D eigenvalue weighted by molar-refractivity contribution is -0.116. The van der Waals surface area contributed by atoms with Crippen LogP contribution in [0.4, 0.5) is 5.69 Å². The van der Waals surface area contributed by atoms with E-state index in [1.807, 2.05) is 12.1 Å². The number of nitrogens with one attached hydrogen (secondary N) is 1. The number of piperidine rings is 1. The number of hydrogen-bond acceptors (Lipinski definition) is 3. The molecule has 4 nitrogen and oxygen atoms in total. The van der Waals surface area contributed by atoms with Crippen LogP contribution in [0.5, 0.6) is 0 Å². The maximum Gasteiger partial charge on any atom is 0.224 e. The van der Waals surface area contributed by atoms with E-state index in [0.717, 1.165) is 55.2 Å². The predicted octanol–water partition coefficient (Wildman–Crippen LogP) is 3.95. The van der Waals surface area contributed by atoms with E-state index in [0.29, 0.717) is 6.42 Å². The van der Waals surface area contributed by atoms with Crippen molar-refractivity contribution in [3.63, 3.8) is 0 Å². The molecule has 0 radical (unpaired) electrons. The minimum absolute atomic E-state index is 0.0801. The minimum atomic E-state index is -0.440. The van der Waals surface area contributed by atoms with Gasteiger partial charge >= 0.3 is 0 Å². The highest BCUT2D eigenvalue weighted by Crippen LogP contribution is 2.28. The Morgan fingerprint density at radius 2 is 1.86 bits per heavy atom. The number of fused-ring (bicyclic) bond motifs is 1. The number of carbonyl (C=O) groups is 1. The molecular weight excluding hydrogens is 348 g/mol. The van der Waals surface area contributed by atoms with Gasteiger partial charge in [0.25, 0.3) is 0 Å². The van der Waals surface area contributed by atoms with E-state index in [1.165, 1.54) is 24.8 Å². The van der Waals surface area contributed by atoms with Gasteiger partial charge < -0.3 is 15.3 Å². The molecule has 148 valence electrons. The smallest absolute Gasteiger partial charge is 0.224 e. The molecule has 4 heteroatoms. The molecular formula is C24H30N2O2. The molecule has 2 aliphatic heterocycles. The average Bonchev–Trinajstić information content (AvgIpc) is 2.73. The molecule has 0 aromatic heterocycles.